The van der Waals surface area contributed by atoms with E-state index in [0.717, 1.165) is 16.8 Å². The molecule has 1 N–H and O–H groups in total. The number of fused-ring (bicyclic) bond motifs is 3. The largest absolute Gasteiger partial charge is 0.493 e. The van der Waals surface area contributed by atoms with Crippen molar-refractivity contribution in [3.8, 4) is 11.5 Å². The molecule has 4 rings (SSSR count). The topological polar surface area (TPSA) is 92.6 Å². The van der Waals surface area contributed by atoms with Crippen LogP contribution < -0.4 is 14.8 Å². The SMILES string of the molecule is COc1ccc(CCNC(=O)CSC2=Nc3ccccc3C3=NC(=O)C(CC(C)C)N23)cc1OC. The Morgan fingerprint density at radius 1 is 1.11 bits per heavy atom. The molecule has 184 valence electrons. The summed E-state index contributed by atoms with van der Waals surface area (Å²) in [5.41, 5.74) is 2.64. The highest BCUT2D eigenvalue weighted by Gasteiger charge is 2.41. The number of carbonyl (C=O) groups excluding carboxylic acids is 2. The van der Waals surface area contributed by atoms with E-state index in [0.29, 0.717) is 47.8 Å². The quantitative estimate of drug-likeness (QED) is 0.570. The van der Waals surface area contributed by atoms with Gasteiger partial charge in [0.15, 0.2) is 16.7 Å². The summed E-state index contributed by atoms with van der Waals surface area (Å²) in [5.74, 6) is 2.23. The minimum atomic E-state index is -0.391. The van der Waals surface area contributed by atoms with Crippen molar-refractivity contribution in [2.24, 2.45) is 15.9 Å². The Kier molecular flexibility index (Phi) is 7.75. The number of nitrogens with one attached hydrogen (secondary N) is 1. The van der Waals surface area contributed by atoms with Gasteiger partial charge in [-0.2, -0.15) is 4.99 Å². The lowest BCUT2D eigenvalue weighted by molar-refractivity contribution is -0.120. The van der Waals surface area contributed by atoms with Crippen molar-refractivity contribution in [2.75, 3.05) is 26.5 Å². The minimum absolute atomic E-state index is 0.0959. The predicted molar refractivity (Wildman–Crippen MR) is 139 cm³/mol. The third-order valence-corrected chi connectivity index (χ3v) is 6.77. The van der Waals surface area contributed by atoms with Gasteiger partial charge in [-0.25, -0.2) is 4.99 Å². The predicted octanol–water partition coefficient (Wildman–Crippen LogP) is 3.80. The monoisotopic (exact) mass is 494 g/mol. The second kappa shape index (κ2) is 10.9. The summed E-state index contributed by atoms with van der Waals surface area (Å²) in [5, 5.41) is 3.60. The Hall–Kier alpha value is -3.33. The first kappa shape index (κ1) is 24.8. The van der Waals surface area contributed by atoms with Crippen LogP contribution in [0.15, 0.2) is 52.4 Å². The maximum atomic E-state index is 12.7. The van der Waals surface area contributed by atoms with E-state index in [4.69, 9.17) is 14.5 Å². The molecule has 0 aromatic heterocycles. The smallest absolute Gasteiger partial charge is 0.270 e. The zero-order chi connectivity index (χ0) is 24.9. The number of rotatable bonds is 9. The number of hydrogen-bond acceptors (Lipinski definition) is 7. The molecule has 0 saturated heterocycles. The van der Waals surface area contributed by atoms with Crippen molar-refractivity contribution in [1.29, 1.82) is 0 Å². The number of thioether (sulfide) groups is 1. The van der Waals surface area contributed by atoms with Crippen LogP contribution >= 0.6 is 11.8 Å². The Bertz CT molecular complexity index is 1180. The Morgan fingerprint density at radius 2 is 1.89 bits per heavy atom. The number of para-hydroxylation sites is 1. The van der Waals surface area contributed by atoms with E-state index >= 15 is 0 Å². The van der Waals surface area contributed by atoms with Gasteiger partial charge in [-0.05, 0) is 48.6 Å². The summed E-state index contributed by atoms with van der Waals surface area (Å²) >= 11 is 1.33. The van der Waals surface area contributed by atoms with Gasteiger partial charge in [0.05, 0.1) is 25.7 Å². The van der Waals surface area contributed by atoms with Crippen LogP contribution in [0, 0.1) is 5.92 Å². The molecule has 1 atom stereocenters. The lowest BCUT2D eigenvalue weighted by atomic mass is 10.0. The van der Waals surface area contributed by atoms with Gasteiger partial charge in [0, 0.05) is 12.1 Å². The van der Waals surface area contributed by atoms with Gasteiger partial charge in [0.2, 0.25) is 5.91 Å². The van der Waals surface area contributed by atoms with Crippen LogP contribution in [-0.4, -0.2) is 60.3 Å². The summed E-state index contributed by atoms with van der Waals surface area (Å²) < 4.78 is 10.6. The zero-order valence-corrected chi connectivity index (χ0v) is 21.2. The van der Waals surface area contributed by atoms with Crippen molar-refractivity contribution in [1.82, 2.24) is 10.2 Å². The summed E-state index contributed by atoms with van der Waals surface area (Å²) in [6.07, 6.45) is 1.34. The van der Waals surface area contributed by atoms with E-state index in [1.54, 1.807) is 14.2 Å². The molecule has 0 saturated carbocycles. The van der Waals surface area contributed by atoms with Gasteiger partial charge in [0.1, 0.15) is 11.9 Å². The molecule has 0 fully saturated rings. The van der Waals surface area contributed by atoms with E-state index in [-0.39, 0.29) is 17.6 Å². The lowest BCUT2D eigenvalue weighted by Gasteiger charge is -2.31. The summed E-state index contributed by atoms with van der Waals surface area (Å²) in [6, 6.07) is 13.0. The molecule has 0 aliphatic carbocycles. The normalized spacial score (nSPS) is 16.4. The summed E-state index contributed by atoms with van der Waals surface area (Å²) in [4.78, 5) is 36.4. The molecule has 0 bridgehead atoms. The van der Waals surface area contributed by atoms with E-state index in [2.05, 4.69) is 24.2 Å². The summed E-state index contributed by atoms with van der Waals surface area (Å²) in [6.45, 7) is 4.66. The Labute approximate surface area is 209 Å². The van der Waals surface area contributed by atoms with Crippen LogP contribution in [-0.2, 0) is 16.0 Å². The molecule has 2 aromatic rings. The fourth-order valence-corrected chi connectivity index (χ4v) is 5.02. The highest BCUT2D eigenvalue weighted by atomic mass is 32.2. The summed E-state index contributed by atoms with van der Waals surface area (Å²) in [7, 11) is 3.20. The average molecular weight is 495 g/mol. The Morgan fingerprint density at radius 3 is 2.63 bits per heavy atom. The van der Waals surface area contributed by atoms with E-state index in [9.17, 15) is 9.59 Å². The second-order valence-corrected chi connectivity index (χ2v) is 9.72. The van der Waals surface area contributed by atoms with Crippen molar-refractivity contribution >= 4 is 40.3 Å². The molecule has 8 nitrogen and oxygen atoms in total. The molecule has 1 unspecified atom stereocenters. The molecule has 2 amide bonds. The third-order valence-electron chi connectivity index (χ3n) is 5.82. The van der Waals surface area contributed by atoms with E-state index < -0.39 is 6.04 Å². The number of carbonyl (C=O) groups is 2. The van der Waals surface area contributed by atoms with Gasteiger partial charge in [-0.1, -0.05) is 43.8 Å². The van der Waals surface area contributed by atoms with Crippen LogP contribution in [0.4, 0.5) is 5.69 Å². The average Bonchev–Trinajstić information content (AvgIpc) is 3.18. The van der Waals surface area contributed by atoms with Crippen molar-refractivity contribution in [3.63, 3.8) is 0 Å². The maximum Gasteiger partial charge on any atom is 0.270 e. The zero-order valence-electron chi connectivity index (χ0n) is 20.4. The molecule has 0 spiro atoms. The first-order chi connectivity index (χ1) is 16.9. The molecular weight excluding hydrogens is 464 g/mol. The standard InChI is InChI=1S/C26H30N4O4S/c1-16(2)13-20-25(32)29-24-18-7-5-6-8-19(18)28-26(30(20)24)35-15-23(31)27-12-11-17-9-10-21(33-3)22(14-17)34-4/h5-10,14,16,20H,11-13,15H2,1-4H3,(H,27,31). The van der Waals surface area contributed by atoms with Crippen LogP contribution in [0.5, 0.6) is 11.5 Å². The number of benzene rings is 2. The highest BCUT2D eigenvalue weighted by molar-refractivity contribution is 8.14. The molecule has 2 aliphatic heterocycles. The van der Waals surface area contributed by atoms with Crippen molar-refractivity contribution < 1.29 is 19.1 Å². The molecule has 2 aliphatic rings. The fourth-order valence-electron chi connectivity index (χ4n) is 4.14. The number of ether oxygens (including phenoxy) is 2. The van der Waals surface area contributed by atoms with Gasteiger partial charge in [0.25, 0.3) is 5.91 Å². The maximum absolute atomic E-state index is 12.7. The fraction of sp³-hybridized carbons (Fsp3) is 0.385. The Balaban J connectivity index is 1.40. The number of aliphatic imine (C=N–C) groups is 2. The molecule has 35 heavy (non-hydrogen) atoms. The lowest BCUT2D eigenvalue weighted by Crippen LogP contribution is -2.44. The van der Waals surface area contributed by atoms with Gasteiger partial charge in [-0.15, -0.1) is 0 Å². The third kappa shape index (κ3) is 5.51. The van der Waals surface area contributed by atoms with E-state index in [1.165, 1.54) is 11.8 Å². The van der Waals surface area contributed by atoms with Crippen molar-refractivity contribution in [3.05, 3.63) is 53.6 Å². The van der Waals surface area contributed by atoms with Crippen LogP contribution in [0.25, 0.3) is 0 Å². The number of amides is 2. The second-order valence-electron chi connectivity index (χ2n) is 8.78. The number of hydrogen-bond donors (Lipinski definition) is 1. The first-order valence-electron chi connectivity index (χ1n) is 11.6. The first-order valence-corrected chi connectivity index (χ1v) is 12.6. The van der Waals surface area contributed by atoms with Gasteiger partial charge in [-0.3, -0.25) is 14.5 Å². The minimum Gasteiger partial charge on any atom is -0.493 e. The number of nitrogens with zero attached hydrogens (tertiary/aromatic N) is 3. The van der Waals surface area contributed by atoms with Gasteiger partial charge >= 0.3 is 0 Å². The van der Waals surface area contributed by atoms with Crippen LogP contribution in [0.2, 0.25) is 0 Å². The number of methoxy groups -OCH3 is 2. The number of amidine groups is 2. The highest BCUT2D eigenvalue weighted by Crippen LogP contribution is 2.35. The molecule has 9 heteroatoms. The molecule has 2 heterocycles. The van der Waals surface area contributed by atoms with Crippen LogP contribution in [0.1, 0.15) is 31.4 Å². The van der Waals surface area contributed by atoms with Crippen LogP contribution in [0.3, 0.4) is 0 Å². The van der Waals surface area contributed by atoms with Gasteiger partial charge < -0.3 is 14.8 Å². The molecular formula is C26H30N4O4S. The molecule has 0 radical (unpaired) electrons. The van der Waals surface area contributed by atoms with E-state index in [1.807, 2.05) is 47.4 Å². The molecule has 2 aromatic carbocycles. The van der Waals surface area contributed by atoms with Crippen molar-refractivity contribution in [2.45, 2.75) is 32.7 Å².